The summed E-state index contributed by atoms with van der Waals surface area (Å²) in [7, 11) is 1.62. The molecule has 2 heterocycles. The number of fused-ring (bicyclic) bond motifs is 1. The van der Waals surface area contributed by atoms with Crippen LogP contribution in [0.5, 0.6) is 0 Å². The lowest BCUT2D eigenvalue weighted by Crippen LogP contribution is -2.34. The molecule has 0 bridgehead atoms. The Kier molecular flexibility index (Phi) is 5.33. The number of ether oxygens (including phenoxy) is 1. The molecule has 3 amide bonds. The summed E-state index contributed by atoms with van der Waals surface area (Å²) in [6.07, 6.45) is 0.336. The number of hydrogen-bond donors (Lipinski definition) is 0. The maximum absolute atomic E-state index is 12.4. The fourth-order valence-corrected chi connectivity index (χ4v) is 4.20. The van der Waals surface area contributed by atoms with Gasteiger partial charge in [-0.25, -0.2) is 0 Å². The van der Waals surface area contributed by atoms with Gasteiger partial charge in [0.15, 0.2) is 4.80 Å². The van der Waals surface area contributed by atoms with Crippen LogP contribution in [-0.2, 0) is 25.7 Å². The molecule has 1 aromatic heterocycles. The van der Waals surface area contributed by atoms with Gasteiger partial charge in [0, 0.05) is 26.5 Å². The van der Waals surface area contributed by atoms with Gasteiger partial charge in [0.05, 0.1) is 16.8 Å². The van der Waals surface area contributed by atoms with Gasteiger partial charge in [0.2, 0.25) is 11.8 Å². The predicted octanol–water partition coefficient (Wildman–Crippen LogP) is 1.54. The molecule has 0 saturated carbocycles. The summed E-state index contributed by atoms with van der Waals surface area (Å²) in [6.45, 7) is 4.81. The highest BCUT2D eigenvalue weighted by atomic mass is 32.1. The predicted molar refractivity (Wildman–Crippen MR) is 97.7 cm³/mol. The number of hydrogen-bond acceptors (Lipinski definition) is 5. The number of thiazole rings is 1. The second-order valence-electron chi connectivity index (χ2n) is 6.34. The minimum atomic E-state index is -0.499. The number of aryl methyl sites for hydroxylation is 2. The van der Waals surface area contributed by atoms with Crippen LogP contribution in [0.15, 0.2) is 17.1 Å². The van der Waals surface area contributed by atoms with Crippen LogP contribution in [-0.4, -0.2) is 47.4 Å². The quantitative estimate of drug-likeness (QED) is 0.743. The highest BCUT2D eigenvalue weighted by Crippen LogP contribution is 2.23. The highest BCUT2D eigenvalue weighted by molar-refractivity contribution is 7.16. The lowest BCUT2D eigenvalue weighted by molar-refractivity contribution is -0.141. The molecule has 1 saturated heterocycles. The van der Waals surface area contributed by atoms with Crippen LogP contribution >= 0.6 is 11.3 Å². The molecular formula is C18H21N3O4S. The normalized spacial score (nSPS) is 15.5. The van der Waals surface area contributed by atoms with Gasteiger partial charge in [0.1, 0.15) is 6.54 Å². The van der Waals surface area contributed by atoms with E-state index in [-0.39, 0.29) is 31.2 Å². The number of benzene rings is 1. The molecule has 1 aromatic carbocycles. The van der Waals surface area contributed by atoms with E-state index in [1.54, 1.807) is 7.11 Å². The Bertz CT molecular complexity index is 941. The maximum Gasteiger partial charge on any atom is 0.268 e. The standard InChI is InChI=1S/C18H21N3O4S/c1-11-8-12(2)17-13(9-11)20(6-7-25-3)18(26-17)19-14(22)10-21-15(23)4-5-16(21)24/h8-9H,4-7,10H2,1-3H3. The second kappa shape index (κ2) is 7.51. The van der Waals surface area contributed by atoms with Crippen molar-refractivity contribution < 1.29 is 19.1 Å². The summed E-state index contributed by atoms with van der Waals surface area (Å²) in [5, 5.41) is 0. The Morgan fingerprint density at radius 1 is 1.23 bits per heavy atom. The zero-order chi connectivity index (χ0) is 18.8. The van der Waals surface area contributed by atoms with Gasteiger partial charge in [-0.05, 0) is 31.0 Å². The van der Waals surface area contributed by atoms with Gasteiger partial charge in [-0.1, -0.05) is 17.4 Å². The van der Waals surface area contributed by atoms with E-state index in [2.05, 4.69) is 17.1 Å². The molecule has 138 valence electrons. The van der Waals surface area contributed by atoms with Crippen molar-refractivity contribution in [1.82, 2.24) is 9.47 Å². The second-order valence-corrected chi connectivity index (χ2v) is 7.32. The zero-order valence-electron chi connectivity index (χ0n) is 15.1. The molecule has 1 fully saturated rings. The largest absolute Gasteiger partial charge is 0.383 e. The zero-order valence-corrected chi connectivity index (χ0v) is 15.9. The third-order valence-corrected chi connectivity index (χ3v) is 5.53. The topological polar surface area (TPSA) is 81.0 Å². The molecule has 0 aliphatic carbocycles. The van der Waals surface area contributed by atoms with Crippen LogP contribution in [0.4, 0.5) is 0 Å². The first kappa shape index (κ1) is 18.5. The molecule has 0 spiro atoms. The van der Waals surface area contributed by atoms with Crippen LogP contribution in [0.2, 0.25) is 0 Å². The summed E-state index contributed by atoms with van der Waals surface area (Å²) in [5.74, 6) is -1.12. The van der Waals surface area contributed by atoms with E-state index in [0.717, 1.165) is 26.2 Å². The molecule has 2 aromatic rings. The van der Waals surface area contributed by atoms with Crippen molar-refractivity contribution in [3.8, 4) is 0 Å². The van der Waals surface area contributed by atoms with E-state index in [1.165, 1.54) is 11.3 Å². The smallest absolute Gasteiger partial charge is 0.268 e. The molecule has 1 aliphatic rings. The lowest BCUT2D eigenvalue weighted by Gasteiger charge is -2.10. The summed E-state index contributed by atoms with van der Waals surface area (Å²) in [6, 6.07) is 4.15. The molecule has 8 heteroatoms. The van der Waals surface area contributed by atoms with Crippen LogP contribution in [0.3, 0.4) is 0 Å². The molecule has 0 radical (unpaired) electrons. The number of imide groups is 1. The van der Waals surface area contributed by atoms with Gasteiger partial charge in [0.25, 0.3) is 5.91 Å². The van der Waals surface area contributed by atoms with Gasteiger partial charge >= 0.3 is 0 Å². The fourth-order valence-electron chi connectivity index (χ4n) is 3.07. The van der Waals surface area contributed by atoms with Crippen molar-refractivity contribution in [3.63, 3.8) is 0 Å². The van der Waals surface area contributed by atoms with Crippen LogP contribution in [0.25, 0.3) is 10.2 Å². The molecule has 0 unspecified atom stereocenters. The molecule has 26 heavy (non-hydrogen) atoms. The average molecular weight is 375 g/mol. The van der Waals surface area contributed by atoms with E-state index in [1.807, 2.05) is 18.4 Å². The summed E-state index contributed by atoms with van der Waals surface area (Å²) in [5.41, 5.74) is 3.25. The summed E-state index contributed by atoms with van der Waals surface area (Å²) >= 11 is 1.43. The Hall–Kier alpha value is -2.32. The van der Waals surface area contributed by atoms with Crippen molar-refractivity contribution in [2.24, 2.45) is 4.99 Å². The summed E-state index contributed by atoms with van der Waals surface area (Å²) in [4.78, 5) is 41.5. The highest BCUT2D eigenvalue weighted by Gasteiger charge is 2.30. The Labute approximate surface area is 154 Å². The van der Waals surface area contributed by atoms with E-state index in [9.17, 15) is 14.4 Å². The number of likely N-dealkylation sites (tertiary alicyclic amines) is 1. The van der Waals surface area contributed by atoms with Crippen LogP contribution < -0.4 is 4.80 Å². The Morgan fingerprint density at radius 2 is 1.92 bits per heavy atom. The van der Waals surface area contributed by atoms with Gasteiger partial charge in [-0.3, -0.25) is 19.3 Å². The molecule has 0 atom stereocenters. The molecule has 0 N–H and O–H groups in total. The monoisotopic (exact) mass is 375 g/mol. The molecule has 7 nitrogen and oxygen atoms in total. The number of carbonyl (C=O) groups is 3. The molecular weight excluding hydrogens is 354 g/mol. The maximum atomic E-state index is 12.4. The Morgan fingerprint density at radius 3 is 2.58 bits per heavy atom. The SMILES string of the molecule is COCCn1c(=NC(=O)CN2C(=O)CCC2=O)sc2c(C)cc(C)cc21. The Balaban J connectivity index is 2.01. The number of methoxy groups -OCH3 is 1. The van der Waals surface area contributed by atoms with E-state index in [4.69, 9.17) is 4.74 Å². The lowest BCUT2D eigenvalue weighted by atomic mass is 10.1. The number of aromatic nitrogens is 1. The van der Waals surface area contributed by atoms with Gasteiger partial charge in [-0.15, -0.1) is 0 Å². The van der Waals surface area contributed by atoms with E-state index >= 15 is 0 Å². The van der Waals surface area contributed by atoms with Crippen molar-refractivity contribution in [1.29, 1.82) is 0 Å². The average Bonchev–Trinajstić information content (AvgIpc) is 3.07. The first-order valence-corrected chi connectivity index (χ1v) is 9.22. The van der Waals surface area contributed by atoms with Crippen molar-refractivity contribution in [2.45, 2.75) is 33.2 Å². The van der Waals surface area contributed by atoms with Gasteiger partial charge < -0.3 is 9.30 Å². The molecule has 3 rings (SSSR count). The van der Waals surface area contributed by atoms with Gasteiger partial charge in [-0.2, -0.15) is 4.99 Å². The third kappa shape index (κ3) is 3.61. The number of rotatable bonds is 5. The van der Waals surface area contributed by atoms with Crippen molar-refractivity contribution in [2.75, 3.05) is 20.3 Å². The van der Waals surface area contributed by atoms with Crippen LogP contribution in [0.1, 0.15) is 24.0 Å². The third-order valence-electron chi connectivity index (χ3n) is 4.30. The number of nitrogens with zero attached hydrogens (tertiary/aromatic N) is 3. The first-order chi connectivity index (χ1) is 12.4. The number of amides is 3. The minimum Gasteiger partial charge on any atom is -0.383 e. The fraction of sp³-hybridized carbons (Fsp3) is 0.444. The van der Waals surface area contributed by atoms with Crippen molar-refractivity contribution >= 4 is 39.3 Å². The summed E-state index contributed by atoms with van der Waals surface area (Å²) < 4.78 is 8.19. The van der Waals surface area contributed by atoms with Crippen molar-refractivity contribution in [3.05, 3.63) is 28.1 Å². The van der Waals surface area contributed by atoms with E-state index in [0.29, 0.717) is 18.0 Å². The first-order valence-electron chi connectivity index (χ1n) is 8.41. The molecule has 1 aliphatic heterocycles. The van der Waals surface area contributed by atoms with Crippen LogP contribution in [0, 0.1) is 13.8 Å². The minimum absolute atomic E-state index is 0.168. The van der Waals surface area contributed by atoms with E-state index < -0.39 is 5.91 Å². The number of carbonyl (C=O) groups excluding carboxylic acids is 3.